The fourth-order valence-electron chi connectivity index (χ4n) is 3.73. The minimum Gasteiger partial charge on any atom is -0.475 e. The second-order valence-electron chi connectivity index (χ2n) is 8.06. The summed E-state index contributed by atoms with van der Waals surface area (Å²) in [5.74, 6) is -1.55. The summed E-state index contributed by atoms with van der Waals surface area (Å²) in [7, 11) is 0. The van der Waals surface area contributed by atoms with Crippen LogP contribution in [0.15, 0.2) is 30.5 Å². The molecule has 4 rings (SSSR count). The van der Waals surface area contributed by atoms with Crippen LogP contribution in [0.3, 0.4) is 0 Å². The summed E-state index contributed by atoms with van der Waals surface area (Å²) >= 11 is 5.95. The number of alkyl halides is 3. The smallest absolute Gasteiger partial charge is 0.475 e. The molecule has 2 aromatic heterocycles. The van der Waals surface area contributed by atoms with Crippen molar-refractivity contribution in [2.75, 3.05) is 10.6 Å². The normalized spacial score (nSPS) is 18.0. The van der Waals surface area contributed by atoms with Crippen molar-refractivity contribution in [3.05, 3.63) is 46.9 Å². The molecular weight excluding hydrogens is 492 g/mol. The van der Waals surface area contributed by atoms with E-state index in [1.807, 2.05) is 6.07 Å². The quantitative estimate of drug-likeness (QED) is 0.347. The lowest BCUT2D eigenvalue weighted by atomic mass is 9.92. The summed E-state index contributed by atoms with van der Waals surface area (Å²) in [6, 6.07) is 7.10. The van der Waals surface area contributed by atoms with Crippen LogP contribution < -0.4 is 16.4 Å². The van der Waals surface area contributed by atoms with Crippen molar-refractivity contribution in [1.29, 1.82) is 0 Å². The number of nitrogens with one attached hydrogen (secondary N) is 2. The van der Waals surface area contributed by atoms with Crippen molar-refractivity contribution in [2.45, 2.75) is 57.3 Å². The van der Waals surface area contributed by atoms with Crippen molar-refractivity contribution in [3.8, 4) is 0 Å². The van der Waals surface area contributed by atoms with E-state index < -0.39 is 18.0 Å². The molecule has 0 atom stereocenters. The number of hydrogen-bond donors (Lipinski definition) is 4. The van der Waals surface area contributed by atoms with E-state index >= 15 is 0 Å². The van der Waals surface area contributed by atoms with Gasteiger partial charge in [0.15, 0.2) is 5.65 Å². The highest BCUT2D eigenvalue weighted by atomic mass is 35.5. The fraction of sp³-hybridized carbons (Fsp3) is 0.409. The molecule has 35 heavy (non-hydrogen) atoms. The Morgan fingerprint density at radius 3 is 2.49 bits per heavy atom. The van der Waals surface area contributed by atoms with E-state index in [-0.39, 0.29) is 5.02 Å². The number of halogens is 5. The second-order valence-corrected chi connectivity index (χ2v) is 8.46. The molecule has 0 saturated heterocycles. The first-order valence-electron chi connectivity index (χ1n) is 10.9. The molecule has 0 bridgehead atoms. The molecule has 0 amide bonds. The van der Waals surface area contributed by atoms with Gasteiger partial charge in [-0.05, 0) is 50.3 Å². The monoisotopic (exact) mass is 516 g/mol. The molecule has 1 fully saturated rings. The van der Waals surface area contributed by atoms with Crippen LogP contribution in [-0.4, -0.2) is 43.9 Å². The Morgan fingerprint density at radius 1 is 1.26 bits per heavy atom. The summed E-state index contributed by atoms with van der Waals surface area (Å²) in [4.78, 5) is 13.7. The maximum absolute atomic E-state index is 13.5. The lowest BCUT2D eigenvalue weighted by Crippen LogP contribution is -2.33. The first-order chi connectivity index (χ1) is 16.5. The number of benzene rings is 1. The average molecular weight is 517 g/mol. The molecule has 1 aliphatic rings. The third kappa shape index (κ3) is 6.73. The Labute approximate surface area is 203 Å². The Bertz CT molecular complexity index is 1180. The molecule has 0 radical (unpaired) electrons. The van der Waals surface area contributed by atoms with Gasteiger partial charge in [0, 0.05) is 29.4 Å². The van der Waals surface area contributed by atoms with E-state index in [9.17, 15) is 17.6 Å². The zero-order chi connectivity index (χ0) is 25.8. The number of carboxylic acid groups (broad SMARTS) is 1. The van der Waals surface area contributed by atoms with Gasteiger partial charge < -0.3 is 21.5 Å². The van der Waals surface area contributed by atoms with Gasteiger partial charge in [0.1, 0.15) is 17.5 Å². The molecule has 5 N–H and O–H groups in total. The number of nitrogens with zero attached hydrogens (tertiary/aromatic N) is 3. The third-order valence-corrected chi connectivity index (χ3v) is 5.81. The summed E-state index contributed by atoms with van der Waals surface area (Å²) in [6.45, 7) is 2.08. The van der Waals surface area contributed by atoms with E-state index in [0.717, 1.165) is 55.0 Å². The molecule has 0 aliphatic heterocycles. The maximum atomic E-state index is 13.5. The summed E-state index contributed by atoms with van der Waals surface area (Å²) in [6.07, 6.45) is 1.50. The lowest BCUT2D eigenvalue weighted by molar-refractivity contribution is -0.192. The molecular formula is C22H25ClF4N6O2. The Hall–Kier alpha value is -3.12. The summed E-state index contributed by atoms with van der Waals surface area (Å²) in [5, 5.41) is 18.6. The van der Waals surface area contributed by atoms with Crippen LogP contribution in [0.5, 0.6) is 0 Å². The van der Waals surface area contributed by atoms with Gasteiger partial charge in [-0.1, -0.05) is 18.5 Å². The predicted octanol–water partition coefficient (Wildman–Crippen LogP) is 5.14. The van der Waals surface area contributed by atoms with Crippen LogP contribution in [0, 0.1) is 5.82 Å². The number of hydrogen-bond acceptors (Lipinski definition) is 6. The zero-order valence-electron chi connectivity index (χ0n) is 18.7. The number of aromatic nitrogens is 3. The van der Waals surface area contributed by atoms with Crippen LogP contribution in [0.1, 0.15) is 38.2 Å². The molecule has 13 heteroatoms. The summed E-state index contributed by atoms with van der Waals surface area (Å²) < 4.78 is 47.0. The van der Waals surface area contributed by atoms with Crippen molar-refractivity contribution < 1.29 is 27.5 Å². The number of aliphatic carboxylic acids is 1. The standard InChI is InChI=1S/C20H24ClFN6.C2HF3O2/c1-2-15-19(25-13-5-3-12(23)4-6-13)27-18-9-10-24-28(18)20(15)26-14-7-8-17(22)16(21)11-14;3-2(4,5)1(6)7/h7-13,26H,2-6,23H2,1H3,(H,25,27);(H,6,7). The highest BCUT2D eigenvalue weighted by Gasteiger charge is 2.38. The maximum Gasteiger partial charge on any atom is 0.490 e. The summed E-state index contributed by atoms with van der Waals surface area (Å²) in [5.41, 5.74) is 8.49. The molecule has 1 aromatic carbocycles. The number of carboxylic acids is 1. The van der Waals surface area contributed by atoms with E-state index in [2.05, 4.69) is 22.7 Å². The van der Waals surface area contributed by atoms with Crippen LogP contribution in [0.4, 0.5) is 34.9 Å². The predicted molar refractivity (Wildman–Crippen MR) is 125 cm³/mol. The van der Waals surface area contributed by atoms with Crippen molar-refractivity contribution >= 4 is 40.5 Å². The fourth-order valence-corrected chi connectivity index (χ4v) is 3.91. The van der Waals surface area contributed by atoms with Gasteiger partial charge in [0.2, 0.25) is 0 Å². The van der Waals surface area contributed by atoms with Gasteiger partial charge >= 0.3 is 12.1 Å². The van der Waals surface area contributed by atoms with Crippen molar-refractivity contribution in [1.82, 2.24) is 14.6 Å². The molecule has 190 valence electrons. The number of nitrogens with two attached hydrogens (primary N) is 1. The Morgan fingerprint density at radius 2 is 1.91 bits per heavy atom. The largest absolute Gasteiger partial charge is 0.490 e. The van der Waals surface area contributed by atoms with E-state index in [1.165, 1.54) is 6.07 Å². The number of anilines is 3. The van der Waals surface area contributed by atoms with Crippen LogP contribution in [0.25, 0.3) is 5.65 Å². The van der Waals surface area contributed by atoms with E-state index in [1.54, 1.807) is 22.8 Å². The van der Waals surface area contributed by atoms with E-state index in [4.69, 9.17) is 32.2 Å². The number of fused-ring (bicyclic) bond motifs is 1. The van der Waals surface area contributed by atoms with Gasteiger partial charge in [0.05, 0.1) is 11.2 Å². The average Bonchev–Trinajstić information content (AvgIpc) is 3.26. The first-order valence-corrected chi connectivity index (χ1v) is 11.3. The van der Waals surface area contributed by atoms with Gasteiger partial charge in [-0.25, -0.2) is 14.2 Å². The Kier molecular flexibility index (Phi) is 8.39. The topological polar surface area (TPSA) is 118 Å². The van der Waals surface area contributed by atoms with Gasteiger partial charge in [-0.15, -0.1) is 0 Å². The van der Waals surface area contributed by atoms with Crippen LogP contribution in [0.2, 0.25) is 5.02 Å². The molecule has 0 unspecified atom stereocenters. The Balaban J connectivity index is 0.000000429. The SMILES string of the molecule is CCc1c(NC2CCC(N)CC2)nc2ccnn2c1Nc1ccc(F)c(Cl)c1.O=C(O)C(F)(F)F. The van der Waals surface area contributed by atoms with Gasteiger partial charge in [-0.3, -0.25) is 0 Å². The molecule has 3 aromatic rings. The van der Waals surface area contributed by atoms with Crippen LogP contribution in [-0.2, 0) is 11.2 Å². The van der Waals surface area contributed by atoms with E-state index in [0.29, 0.717) is 17.8 Å². The number of rotatable bonds is 5. The highest BCUT2D eigenvalue weighted by Crippen LogP contribution is 2.31. The lowest BCUT2D eigenvalue weighted by Gasteiger charge is -2.28. The third-order valence-electron chi connectivity index (χ3n) is 5.52. The first kappa shape index (κ1) is 26.5. The highest BCUT2D eigenvalue weighted by molar-refractivity contribution is 6.31. The van der Waals surface area contributed by atoms with Crippen molar-refractivity contribution in [3.63, 3.8) is 0 Å². The molecule has 0 spiro atoms. The van der Waals surface area contributed by atoms with Gasteiger partial charge in [0.25, 0.3) is 0 Å². The molecule has 1 aliphatic carbocycles. The molecule has 2 heterocycles. The molecule has 1 saturated carbocycles. The minimum absolute atomic E-state index is 0.0747. The van der Waals surface area contributed by atoms with Gasteiger partial charge in [-0.2, -0.15) is 22.8 Å². The number of carbonyl (C=O) groups is 1. The second kappa shape index (κ2) is 11.1. The minimum atomic E-state index is -5.08. The van der Waals surface area contributed by atoms with Crippen LogP contribution >= 0.6 is 11.6 Å². The zero-order valence-corrected chi connectivity index (χ0v) is 19.5. The molecule has 8 nitrogen and oxygen atoms in total. The van der Waals surface area contributed by atoms with Crippen molar-refractivity contribution in [2.24, 2.45) is 5.73 Å².